The summed E-state index contributed by atoms with van der Waals surface area (Å²) in [5.74, 6) is -2.71. The summed E-state index contributed by atoms with van der Waals surface area (Å²) >= 11 is 0. The second-order valence-corrected chi connectivity index (χ2v) is 20.3. The number of aliphatic carboxylic acids is 3. The van der Waals surface area contributed by atoms with E-state index in [0.717, 1.165) is 38.5 Å². The zero-order chi connectivity index (χ0) is 48.9. The monoisotopic (exact) mass is 1090 g/mol. The molecule has 0 aromatic heterocycles. The van der Waals surface area contributed by atoms with Crippen LogP contribution in [0.5, 0.6) is 0 Å². The average Bonchev–Trinajstić information content (AvgIpc) is 3.29. The molecule has 67 heavy (non-hydrogen) atoms. The van der Waals surface area contributed by atoms with E-state index in [1.165, 1.54) is 289 Å². The summed E-state index contributed by atoms with van der Waals surface area (Å²) in [4.78, 5) is 30.7. The number of unbranched alkanes of at least 4 members (excludes halogenated alkanes) is 48. The second-order valence-electron chi connectivity index (χ2n) is 20.3. The Balaban J connectivity index is -0.000000441. The van der Waals surface area contributed by atoms with Crippen LogP contribution in [-0.4, -0.2) is 17.9 Å². The minimum absolute atomic E-state index is 0. The molecule has 6 nitrogen and oxygen atoms in total. The molecule has 7 heteroatoms. The first kappa shape index (κ1) is 73.5. The summed E-state index contributed by atoms with van der Waals surface area (Å²) < 4.78 is 0. The summed E-state index contributed by atoms with van der Waals surface area (Å²) in [7, 11) is 0. The molecule has 400 valence electrons. The van der Waals surface area contributed by atoms with Gasteiger partial charge in [0.1, 0.15) is 0 Å². The van der Waals surface area contributed by atoms with Crippen molar-refractivity contribution in [3.63, 3.8) is 0 Å². The fraction of sp³-hybridized carbons (Fsp3) is 0.950. The van der Waals surface area contributed by atoms with Crippen molar-refractivity contribution >= 4 is 17.9 Å². The Bertz CT molecular complexity index is 799. The van der Waals surface area contributed by atoms with Crippen molar-refractivity contribution in [3.8, 4) is 0 Å². The van der Waals surface area contributed by atoms with E-state index in [-0.39, 0.29) is 68.6 Å². The first-order valence-corrected chi connectivity index (χ1v) is 29.9. The number of carbonyl (C=O) groups is 3. The molecule has 0 heterocycles. The van der Waals surface area contributed by atoms with E-state index in [0.29, 0.717) is 0 Å². The number of carbonyl (C=O) groups excluding carboxylic acids is 3. The summed E-state index contributed by atoms with van der Waals surface area (Å²) in [5.41, 5.74) is 0. The van der Waals surface area contributed by atoms with Gasteiger partial charge in [0.05, 0.1) is 0 Å². The van der Waals surface area contributed by atoms with Crippen LogP contribution in [0.15, 0.2) is 0 Å². The Hall–Kier alpha value is -0.00558. The topological polar surface area (TPSA) is 120 Å². The van der Waals surface area contributed by atoms with Crippen LogP contribution in [0.4, 0.5) is 0 Å². The molecule has 0 aromatic carbocycles. The standard InChI is InChI=1S/3C20H40O2.Eu/c3*1-2-3-4-5-6-7-8-9-10-11-12-13-14-15-16-17-18-19-20(21)22;/h3*2-19H2,1H3,(H,21,22);/q;;;+3/p-3. The van der Waals surface area contributed by atoms with E-state index in [9.17, 15) is 29.7 Å². The van der Waals surface area contributed by atoms with E-state index in [1.807, 2.05) is 0 Å². The van der Waals surface area contributed by atoms with Gasteiger partial charge in [0, 0.05) is 17.9 Å². The molecular formula is C60H117EuO6. The fourth-order valence-electron chi connectivity index (χ4n) is 8.98. The largest absolute Gasteiger partial charge is 3.00 e. The molecule has 0 saturated carbocycles. The molecule has 0 saturated heterocycles. The number of hydrogen-bond acceptors (Lipinski definition) is 6. The number of hydrogen-bond donors (Lipinski definition) is 0. The van der Waals surface area contributed by atoms with Crippen molar-refractivity contribution in [1.29, 1.82) is 0 Å². The zero-order valence-electron chi connectivity index (χ0n) is 45.5. The summed E-state index contributed by atoms with van der Waals surface area (Å²) in [5, 5.41) is 30.7. The van der Waals surface area contributed by atoms with E-state index in [4.69, 9.17) is 0 Å². The second kappa shape index (κ2) is 70.3. The third-order valence-electron chi connectivity index (χ3n) is 13.5. The van der Waals surface area contributed by atoms with Crippen LogP contribution in [0.2, 0.25) is 0 Å². The van der Waals surface area contributed by atoms with Gasteiger partial charge in [-0.2, -0.15) is 0 Å². The number of carboxylic acids is 3. The van der Waals surface area contributed by atoms with Gasteiger partial charge in [0.25, 0.3) is 0 Å². The van der Waals surface area contributed by atoms with Gasteiger partial charge in [-0.05, 0) is 38.5 Å². The molecule has 0 bridgehead atoms. The van der Waals surface area contributed by atoms with Gasteiger partial charge < -0.3 is 29.7 Å². The molecule has 0 N–H and O–H groups in total. The Labute approximate surface area is 460 Å². The van der Waals surface area contributed by atoms with E-state index in [1.54, 1.807) is 0 Å². The maximum Gasteiger partial charge on any atom is 3.00 e. The molecule has 0 rings (SSSR count). The van der Waals surface area contributed by atoms with Crippen molar-refractivity contribution in [3.05, 3.63) is 0 Å². The van der Waals surface area contributed by atoms with Crippen molar-refractivity contribution in [2.45, 2.75) is 367 Å². The van der Waals surface area contributed by atoms with Crippen molar-refractivity contribution in [2.75, 3.05) is 0 Å². The van der Waals surface area contributed by atoms with Crippen molar-refractivity contribution in [1.82, 2.24) is 0 Å². The van der Waals surface area contributed by atoms with Gasteiger partial charge in [0.2, 0.25) is 0 Å². The molecule has 0 unspecified atom stereocenters. The first-order chi connectivity index (χ1) is 32.3. The van der Waals surface area contributed by atoms with Crippen LogP contribution in [0.25, 0.3) is 0 Å². The van der Waals surface area contributed by atoms with Gasteiger partial charge in [-0.1, -0.05) is 329 Å². The predicted octanol–water partition coefficient (Wildman–Crippen LogP) is 17.3. The molecule has 0 amide bonds. The third kappa shape index (κ3) is 83.2. The zero-order valence-corrected chi connectivity index (χ0v) is 47.9. The average molecular weight is 1090 g/mol. The van der Waals surface area contributed by atoms with E-state index < -0.39 is 17.9 Å². The third-order valence-corrected chi connectivity index (χ3v) is 13.5. The van der Waals surface area contributed by atoms with E-state index >= 15 is 0 Å². The molecule has 0 fully saturated rings. The minimum Gasteiger partial charge on any atom is -0.550 e. The van der Waals surface area contributed by atoms with E-state index in [2.05, 4.69) is 20.8 Å². The van der Waals surface area contributed by atoms with Crippen LogP contribution < -0.4 is 15.3 Å². The van der Waals surface area contributed by atoms with Crippen LogP contribution in [0, 0.1) is 49.4 Å². The molecule has 0 spiro atoms. The fourth-order valence-corrected chi connectivity index (χ4v) is 8.98. The normalized spacial score (nSPS) is 10.8. The quantitative estimate of drug-likeness (QED) is 0.0560. The molecule has 0 aliphatic carbocycles. The predicted molar refractivity (Wildman–Crippen MR) is 281 cm³/mol. The van der Waals surface area contributed by atoms with Crippen molar-refractivity contribution in [2.24, 2.45) is 0 Å². The van der Waals surface area contributed by atoms with Crippen LogP contribution in [-0.2, 0) is 14.4 Å². The number of rotatable bonds is 54. The van der Waals surface area contributed by atoms with Gasteiger partial charge in [-0.25, -0.2) is 0 Å². The summed E-state index contributed by atoms with van der Waals surface area (Å²) in [6.45, 7) is 6.82. The van der Waals surface area contributed by atoms with Gasteiger partial charge >= 0.3 is 49.4 Å². The Kier molecular flexibility index (Phi) is 77.1. The molecule has 0 atom stereocenters. The number of carboxylic acid groups (broad SMARTS) is 3. The smallest absolute Gasteiger partial charge is 0.550 e. The Morgan fingerprint density at radius 3 is 0.373 bits per heavy atom. The molecule has 0 aromatic rings. The van der Waals surface area contributed by atoms with Gasteiger partial charge in [-0.3, -0.25) is 0 Å². The summed E-state index contributed by atoms with van der Waals surface area (Å²) in [6, 6.07) is 0. The Morgan fingerprint density at radius 2 is 0.284 bits per heavy atom. The SMILES string of the molecule is CCCCCCCCCCCCCCCCCCCC(=O)[O-].CCCCCCCCCCCCCCCCCCCC(=O)[O-].CCCCCCCCCCCCCCCCCCCC(=O)[O-].[Eu+3]. The molecular weight excluding hydrogens is 969 g/mol. The Morgan fingerprint density at radius 1 is 0.194 bits per heavy atom. The molecule has 0 aliphatic heterocycles. The van der Waals surface area contributed by atoms with Crippen LogP contribution in [0.1, 0.15) is 367 Å². The van der Waals surface area contributed by atoms with Crippen LogP contribution in [0.3, 0.4) is 0 Å². The molecule has 0 radical (unpaired) electrons. The van der Waals surface area contributed by atoms with Crippen molar-refractivity contribution < 1.29 is 79.1 Å². The molecule has 0 aliphatic rings. The maximum absolute atomic E-state index is 10.2. The maximum atomic E-state index is 10.2. The van der Waals surface area contributed by atoms with Gasteiger partial charge in [0.15, 0.2) is 0 Å². The minimum atomic E-state index is -0.902. The summed E-state index contributed by atoms with van der Waals surface area (Å²) in [6.07, 6.45) is 68.4. The van der Waals surface area contributed by atoms with Crippen LogP contribution >= 0.6 is 0 Å². The first-order valence-electron chi connectivity index (χ1n) is 29.9. The van der Waals surface area contributed by atoms with Gasteiger partial charge in [-0.15, -0.1) is 0 Å².